The van der Waals surface area contributed by atoms with Crippen LogP contribution in [0.1, 0.15) is 28.9 Å². The molecule has 0 aliphatic heterocycles. The molecule has 0 spiro atoms. The van der Waals surface area contributed by atoms with Gasteiger partial charge in [-0.25, -0.2) is 0 Å². The first-order chi connectivity index (χ1) is 8.56. The summed E-state index contributed by atoms with van der Waals surface area (Å²) in [5, 5.41) is 7.03. The first-order valence-corrected chi connectivity index (χ1v) is 6.40. The largest absolute Gasteiger partial charge is 0.345 e. The quantitative estimate of drug-likeness (QED) is 0.947. The number of halogens is 1. The van der Waals surface area contributed by atoms with Crippen LogP contribution in [0.3, 0.4) is 0 Å². The number of aryl methyl sites for hydroxylation is 1. The van der Waals surface area contributed by atoms with Gasteiger partial charge in [-0.3, -0.25) is 9.48 Å². The highest BCUT2D eigenvalue weighted by atomic mass is 79.9. The lowest BCUT2D eigenvalue weighted by Gasteiger charge is -2.12. The van der Waals surface area contributed by atoms with Crippen LogP contribution >= 0.6 is 15.9 Å². The minimum Gasteiger partial charge on any atom is -0.345 e. The van der Waals surface area contributed by atoms with Crippen molar-refractivity contribution in [1.29, 1.82) is 0 Å². The lowest BCUT2D eigenvalue weighted by Crippen LogP contribution is -2.26. The van der Waals surface area contributed by atoms with Crippen molar-refractivity contribution in [3.05, 3.63) is 52.3 Å². The second-order valence-corrected chi connectivity index (χ2v) is 5.07. The lowest BCUT2D eigenvalue weighted by atomic mass is 10.1. The number of aromatic nitrogens is 2. The van der Waals surface area contributed by atoms with Gasteiger partial charge in [0.1, 0.15) is 0 Å². The Labute approximate surface area is 114 Å². The van der Waals surface area contributed by atoms with Crippen molar-refractivity contribution in [1.82, 2.24) is 15.1 Å². The first kappa shape index (κ1) is 12.8. The van der Waals surface area contributed by atoms with Crippen LogP contribution < -0.4 is 5.32 Å². The van der Waals surface area contributed by atoms with Crippen LogP contribution in [0.2, 0.25) is 0 Å². The monoisotopic (exact) mass is 307 g/mol. The summed E-state index contributed by atoms with van der Waals surface area (Å²) >= 11 is 3.34. The molecule has 0 bridgehead atoms. The van der Waals surface area contributed by atoms with Crippen molar-refractivity contribution < 1.29 is 4.79 Å². The van der Waals surface area contributed by atoms with E-state index < -0.39 is 0 Å². The van der Waals surface area contributed by atoms with Gasteiger partial charge >= 0.3 is 0 Å². The number of hydrogen-bond acceptors (Lipinski definition) is 2. The summed E-state index contributed by atoms with van der Waals surface area (Å²) in [5.74, 6) is -0.0844. The van der Waals surface area contributed by atoms with E-state index in [0.29, 0.717) is 5.56 Å². The standard InChI is InChI=1S/C13H14BrN3O/c1-9(11-7-15-17(2)8-11)16-13(18)10-3-5-12(14)6-4-10/h3-9H,1-2H3,(H,16,18). The topological polar surface area (TPSA) is 46.9 Å². The molecule has 1 N–H and O–H groups in total. The molecule has 2 rings (SSSR count). The van der Waals surface area contributed by atoms with Crippen LogP contribution in [-0.4, -0.2) is 15.7 Å². The predicted molar refractivity (Wildman–Crippen MR) is 73.2 cm³/mol. The van der Waals surface area contributed by atoms with Crippen molar-refractivity contribution >= 4 is 21.8 Å². The summed E-state index contributed by atoms with van der Waals surface area (Å²) in [6, 6.07) is 7.22. The molecule has 2 aromatic rings. The summed E-state index contributed by atoms with van der Waals surface area (Å²) in [4.78, 5) is 12.0. The normalized spacial score (nSPS) is 12.2. The minimum atomic E-state index is -0.0844. The summed E-state index contributed by atoms with van der Waals surface area (Å²) in [5.41, 5.74) is 1.64. The van der Waals surface area contributed by atoms with Crippen molar-refractivity contribution in [2.75, 3.05) is 0 Å². The van der Waals surface area contributed by atoms with Gasteiger partial charge in [0.15, 0.2) is 0 Å². The maximum absolute atomic E-state index is 12.0. The molecule has 0 saturated heterocycles. The Morgan fingerprint density at radius 3 is 2.61 bits per heavy atom. The molecular formula is C13H14BrN3O. The van der Waals surface area contributed by atoms with Crippen LogP contribution in [0.25, 0.3) is 0 Å². The summed E-state index contributed by atoms with van der Waals surface area (Å²) < 4.78 is 2.68. The summed E-state index contributed by atoms with van der Waals surface area (Å²) in [6.45, 7) is 1.94. The zero-order chi connectivity index (χ0) is 13.1. The Morgan fingerprint density at radius 1 is 1.39 bits per heavy atom. The first-order valence-electron chi connectivity index (χ1n) is 5.61. The molecule has 94 valence electrons. The van der Waals surface area contributed by atoms with Gasteiger partial charge in [0, 0.05) is 28.8 Å². The molecule has 1 heterocycles. The predicted octanol–water partition coefficient (Wildman–Crippen LogP) is 2.67. The number of nitrogens with one attached hydrogen (secondary N) is 1. The van der Waals surface area contributed by atoms with Gasteiger partial charge in [0.2, 0.25) is 0 Å². The fourth-order valence-corrected chi connectivity index (χ4v) is 1.89. The summed E-state index contributed by atoms with van der Waals surface area (Å²) in [7, 11) is 1.85. The van der Waals surface area contributed by atoms with E-state index in [1.54, 1.807) is 23.0 Å². The third-order valence-corrected chi connectivity index (χ3v) is 3.21. The van der Waals surface area contributed by atoms with E-state index in [1.807, 2.05) is 32.3 Å². The van der Waals surface area contributed by atoms with E-state index in [-0.39, 0.29) is 11.9 Å². The van der Waals surface area contributed by atoms with Gasteiger partial charge in [0.25, 0.3) is 5.91 Å². The SMILES string of the molecule is CC(NC(=O)c1ccc(Br)cc1)c1cnn(C)c1. The van der Waals surface area contributed by atoms with E-state index in [0.717, 1.165) is 10.0 Å². The van der Waals surface area contributed by atoms with E-state index in [4.69, 9.17) is 0 Å². The van der Waals surface area contributed by atoms with E-state index in [1.165, 1.54) is 0 Å². The molecule has 0 aliphatic carbocycles. The molecule has 1 amide bonds. The molecule has 0 saturated carbocycles. The molecule has 1 unspecified atom stereocenters. The molecule has 0 fully saturated rings. The number of benzene rings is 1. The third kappa shape index (κ3) is 2.98. The van der Waals surface area contributed by atoms with Crippen molar-refractivity contribution in [3.8, 4) is 0 Å². The highest BCUT2D eigenvalue weighted by Gasteiger charge is 2.12. The maximum Gasteiger partial charge on any atom is 0.251 e. The van der Waals surface area contributed by atoms with Crippen LogP contribution in [0.15, 0.2) is 41.1 Å². The molecule has 0 radical (unpaired) electrons. The van der Waals surface area contributed by atoms with Crippen LogP contribution in [-0.2, 0) is 7.05 Å². The van der Waals surface area contributed by atoms with Crippen molar-refractivity contribution in [3.63, 3.8) is 0 Å². The number of carbonyl (C=O) groups is 1. The van der Waals surface area contributed by atoms with E-state index in [9.17, 15) is 4.79 Å². The fraction of sp³-hybridized carbons (Fsp3) is 0.231. The van der Waals surface area contributed by atoms with Crippen LogP contribution in [0, 0.1) is 0 Å². The number of rotatable bonds is 3. The zero-order valence-corrected chi connectivity index (χ0v) is 11.8. The molecule has 1 aromatic heterocycles. The van der Waals surface area contributed by atoms with Gasteiger partial charge < -0.3 is 5.32 Å². The van der Waals surface area contributed by atoms with Crippen molar-refractivity contribution in [2.24, 2.45) is 7.05 Å². The molecule has 18 heavy (non-hydrogen) atoms. The molecule has 1 aromatic carbocycles. The number of carbonyl (C=O) groups excluding carboxylic acids is 1. The van der Waals surface area contributed by atoms with Gasteiger partial charge in [-0.15, -0.1) is 0 Å². The fourth-order valence-electron chi connectivity index (χ4n) is 1.63. The highest BCUT2D eigenvalue weighted by Crippen LogP contribution is 2.13. The van der Waals surface area contributed by atoms with Crippen molar-refractivity contribution in [2.45, 2.75) is 13.0 Å². The Balaban J connectivity index is 2.05. The number of hydrogen-bond donors (Lipinski definition) is 1. The number of amides is 1. The Morgan fingerprint density at radius 2 is 2.06 bits per heavy atom. The lowest BCUT2D eigenvalue weighted by molar-refractivity contribution is 0.0940. The molecule has 1 atom stereocenters. The summed E-state index contributed by atoms with van der Waals surface area (Å²) in [6.07, 6.45) is 3.65. The van der Waals surface area contributed by atoms with Crippen LogP contribution in [0.4, 0.5) is 0 Å². The minimum absolute atomic E-state index is 0.0603. The Kier molecular flexibility index (Phi) is 3.81. The second-order valence-electron chi connectivity index (χ2n) is 4.15. The Bertz CT molecular complexity index is 548. The van der Waals surface area contributed by atoms with Gasteiger partial charge in [-0.1, -0.05) is 15.9 Å². The Hall–Kier alpha value is -1.62. The molecule has 5 heteroatoms. The number of nitrogens with zero attached hydrogens (tertiary/aromatic N) is 2. The third-order valence-electron chi connectivity index (χ3n) is 2.68. The maximum atomic E-state index is 12.0. The average molecular weight is 308 g/mol. The molecule has 4 nitrogen and oxygen atoms in total. The molecule has 0 aliphatic rings. The average Bonchev–Trinajstić information content (AvgIpc) is 2.76. The van der Waals surface area contributed by atoms with Gasteiger partial charge in [0.05, 0.1) is 12.2 Å². The van der Waals surface area contributed by atoms with Gasteiger partial charge in [-0.2, -0.15) is 5.10 Å². The van der Waals surface area contributed by atoms with E-state index >= 15 is 0 Å². The van der Waals surface area contributed by atoms with Gasteiger partial charge in [-0.05, 0) is 31.2 Å². The smallest absolute Gasteiger partial charge is 0.251 e. The second kappa shape index (κ2) is 5.35. The molecular weight excluding hydrogens is 294 g/mol. The van der Waals surface area contributed by atoms with E-state index in [2.05, 4.69) is 26.3 Å². The van der Waals surface area contributed by atoms with Crippen LogP contribution in [0.5, 0.6) is 0 Å². The highest BCUT2D eigenvalue weighted by molar-refractivity contribution is 9.10. The zero-order valence-electron chi connectivity index (χ0n) is 10.2.